The highest BCUT2D eigenvalue weighted by atomic mass is 32.2. The van der Waals surface area contributed by atoms with Crippen molar-refractivity contribution in [3.63, 3.8) is 0 Å². The van der Waals surface area contributed by atoms with Gasteiger partial charge in [-0.25, -0.2) is 0 Å². The Morgan fingerprint density at radius 1 is 1.40 bits per heavy atom. The lowest BCUT2D eigenvalue weighted by Gasteiger charge is -2.32. The summed E-state index contributed by atoms with van der Waals surface area (Å²) in [5.41, 5.74) is 7.96. The molecule has 1 aromatic rings. The molecule has 0 aliphatic carbocycles. The van der Waals surface area contributed by atoms with E-state index in [0.717, 1.165) is 28.3 Å². The summed E-state index contributed by atoms with van der Waals surface area (Å²) in [5, 5.41) is 7.99. The zero-order chi connectivity index (χ0) is 14.7. The Morgan fingerprint density at radius 2 is 2.15 bits per heavy atom. The molecule has 1 aliphatic rings. The number of benzene rings is 1. The van der Waals surface area contributed by atoms with E-state index in [1.54, 1.807) is 11.8 Å². The summed E-state index contributed by atoms with van der Waals surface area (Å²) in [5.74, 6) is 1.18. The number of amidine groups is 1. The fourth-order valence-electron chi connectivity index (χ4n) is 3.19. The molecule has 3 N–H and O–H groups in total. The monoisotopic (exact) mass is 291 g/mol. The lowest BCUT2D eigenvalue weighted by molar-refractivity contribution is 0.627. The maximum Gasteiger partial charge on any atom is 0.126 e. The molecule has 1 saturated heterocycles. The minimum atomic E-state index is 0.186. The van der Waals surface area contributed by atoms with Crippen LogP contribution in [0.4, 0.5) is 5.69 Å². The van der Waals surface area contributed by atoms with Gasteiger partial charge in [-0.3, -0.25) is 5.41 Å². The summed E-state index contributed by atoms with van der Waals surface area (Å²) >= 11 is 1.77. The standard InChI is InChI=1S/C16H25N3S/c1-4-12-10-9-11(3)19(12)13-7-6-8-14(20-5-2)15(13)16(17)18/h6-8,11-12H,4-5,9-10H2,1-3H3,(H3,17,18). The van der Waals surface area contributed by atoms with Crippen LogP contribution in [-0.2, 0) is 0 Å². The summed E-state index contributed by atoms with van der Waals surface area (Å²) in [6, 6.07) is 7.40. The molecule has 20 heavy (non-hydrogen) atoms. The van der Waals surface area contributed by atoms with Crippen molar-refractivity contribution < 1.29 is 0 Å². The normalized spacial score (nSPS) is 22.2. The minimum Gasteiger partial charge on any atom is -0.384 e. The van der Waals surface area contributed by atoms with Gasteiger partial charge in [0.1, 0.15) is 5.84 Å². The topological polar surface area (TPSA) is 53.1 Å². The molecule has 0 aromatic heterocycles. The Bertz CT molecular complexity index is 487. The Kier molecular flexibility index (Phi) is 4.97. The second kappa shape index (κ2) is 6.53. The van der Waals surface area contributed by atoms with Crippen LogP contribution >= 0.6 is 11.8 Å². The molecule has 1 heterocycles. The molecule has 0 spiro atoms. The second-order valence-electron chi connectivity index (χ2n) is 5.39. The van der Waals surface area contributed by atoms with Crippen LogP contribution < -0.4 is 10.6 Å². The first-order valence-corrected chi connectivity index (χ1v) is 8.47. The molecular formula is C16H25N3S. The lowest BCUT2D eigenvalue weighted by atomic mass is 10.1. The van der Waals surface area contributed by atoms with Gasteiger partial charge in [0.25, 0.3) is 0 Å². The maximum absolute atomic E-state index is 7.99. The Hall–Kier alpha value is -1.16. The van der Waals surface area contributed by atoms with Crippen molar-refractivity contribution in [3.05, 3.63) is 23.8 Å². The SMILES string of the molecule is CCSc1cccc(N2C(C)CCC2CC)c1C(=N)N. The van der Waals surface area contributed by atoms with Gasteiger partial charge >= 0.3 is 0 Å². The van der Waals surface area contributed by atoms with E-state index in [9.17, 15) is 0 Å². The molecule has 1 fully saturated rings. The van der Waals surface area contributed by atoms with Crippen molar-refractivity contribution in [1.82, 2.24) is 0 Å². The van der Waals surface area contributed by atoms with Crippen LogP contribution in [0.25, 0.3) is 0 Å². The molecule has 0 saturated carbocycles. The number of nitrogens with two attached hydrogens (primary N) is 1. The summed E-state index contributed by atoms with van der Waals surface area (Å²) in [7, 11) is 0. The van der Waals surface area contributed by atoms with E-state index in [0.29, 0.717) is 12.1 Å². The summed E-state index contributed by atoms with van der Waals surface area (Å²) in [6.45, 7) is 6.65. The van der Waals surface area contributed by atoms with E-state index in [1.807, 2.05) is 0 Å². The number of nitrogens with one attached hydrogen (secondary N) is 1. The molecule has 2 unspecified atom stereocenters. The number of anilines is 1. The Balaban J connectivity index is 2.49. The quantitative estimate of drug-likeness (QED) is 0.492. The smallest absolute Gasteiger partial charge is 0.126 e. The average Bonchev–Trinajstić information content (AvgIpc) is 2.79. The average molecular weight is 291 g/mol. The third kappa shape index (κ3) is 2.80. The first-order valence-electron chi connectivity index (χ1n) is 7.48. The van der Waals surface area contributed by atoms with Gasteiger partial charge in [0, 0.05) is 22.7 Å². The van der Waals surface area contributed by atoms with Crippen molar-refractivity contribution in [1.29, 1.82) is 5.41 Å². The molecule has 0 amide bonds. The van der Waals surface area contributed by atoms with Gasteiger partial charge in [-0.05, 0) is 44.1 Å². The van der Waals surface area contributed by atoms with Gasteiger partial charge in [0.15, 0.2) is 0 Å². The molecule has 3 nitrogen and oxygen atoms in total. The van der Waals surface area contributed by atoms with Crippen LogP contribution in [-0.4, -0.2) is 23.7 Å². The van der Waals surface area contributed by atoms with Gasteiger partial charge in [0.2, 0.25) is 0 Å². The van der Waals surface area contributed by atoms with Crippen molar-refractivity contribution in [2.45, 2.75) is 57.0 Å². The zero-order valence-electron chi connectivity index (χ0n) is 12.6. The molecule has 2 atom stereocenters. The second-order valence-corrected chi connectivity index (χ2v) is 6.70. The zero-order valence-corrected chi connectivity index (χ0v) is 13.5. The maximum atomic E-state index is 7.99. The predicted molar refractivity (Wildman–Crippen MR) is 89.1 cm³/mol. The summed E-state index contributed by atoms with van der Waals surface area (Å²) in [6.07, 6.45) is 3.61. The van der Waals surface area contributed by atoms with E-state index in [-0.39, 0.29) is 5.84 Å². The van der Waals surface area contributed by atoms with Crippen LogP contribution in [0.2, 0.25) is 0 Å². The summed E-state index contributed by atoms with van der Waals surface area (Å²) < 4.78 is 0. The summed E-state index contributed by atoms with van der Waals surface area (Å²) in [4.78, 5) is 3.61. The molecule has 1 aromatic carbocycles. The predicted octanol–water partition coefficient (Wildman–Crippen LogP) is 3.85. The van der Waals surface area contributed by atoms with Crippen molar-refractivity contribution in [2.24, 2.45) is 5.73 Å². The van der Waals surface area contributed by atoms with E-state index in [2.05, 4.69) is 43.9 Å². The molecule has 110 valence electrons. The molecular weight excluding hydrogens is 266 g/mol. The highest BCUT2D eigenvalue weighted by Gasteiger charge is 2.31. The highest BCUT2D eigenvalue weighted by Crippen LogP contribution is 2.37. The van der Waals surface area contributed by atoms with Crippen LogP contribution in [0.1, 0.15) is 45.6 Å². The van der Waals surface area contributed by atoms with E-state index >= 15 is 0 Å². The van der Waals surface area contributed by atoms with Gasteiger partial charge < -0.3 is 10.6 Å². The highest BCUT2D eigenvalue weighted by molar-refractivity contribution is 7.99. The Labute approximate surface area is 126 Å². The fraction of sp³-hybridized carbons (Fsp3) is 0.562. The number of nitrogens with zero attached hydrogens (tertiary/aromatic N) is 1. The van der Waals surface area contributed by atoms with Gasteiger partial charge in [0.05, 0.1) is 5.56 Å². The number of hydrogen-bond acceptors (Lipinski definition) is 3. The molecule has 1 aliphatic heterocycles. The number of thioether (sulfide) groups is 1. The number of hydrogen-bond donors (Lipinski definition) is 2. The van der Waals surface area contributed by atoms with Crippen molar-refractivity contribution >= 4 is 23.3 Å². The first-order chi connectivity index (χ1) is 9.60. The Morgan fingerprint density at radius 3 is 2.75 bits per heavy atom. The molecule has 0 bridgehead atoms. The van der Waals surface area contributed by atoms with Gasteiger partial charge in [-0.2, -0.15) is 0 Å². The molecule has 0 radical (unpaired) electrons. The third-order valence-corrected chi connectivity index (χ3v) is 5.05. The fourth-order valence-corrected chi connectivity index (χ4v) is 4.03. The lowest BCUT2D eigenvalue weighted by Crippen LogP contribution is -2.36. The van der Waals surface area contributed by atoms with Crippen LogP contribution in [0.3, 0.4) is 0 Å². The van der Waals surface area contributed by atoms with Crippen LogP contribution in [0, 0.1) is 5.41 Å². The third-order valence-electron chi connectivity index (χ3n) is 4.11. The molecule has 2 rings (SSSR count). The largest absolute Gasteiger partial charge is 0.384 e. The van der Waals surface area contributed by atoms with E-state index in [1.165, 1.54) is 12.8 Å². The van der Waals surface area contributed by atoms with Gasteiger partial charge in [-0.15, -0.1) is 11.8 Å². The van der Waals surface area contributed by atoms with Crippen LogP contribution in [0.5, 0.6) is 0 Å². The van der Waals surface area contributed by atoms with E-state index in [4.69, 9.17) is 11.1 Å². The number of nitrogen functional groups attached to an aromatic ring is 1. The first kappa shape index (κ1) is 15.2. The van der Waals surface area contributed by atoms with E-state index < -0.39 is 0 Å². The van der Waals surface area contributed by atoms with Crippen molar-refractivity contribution in [3.8, 4) is 0 Å². The molecule has 4 heteroatoms. The van der Waals surface area contributed by atoms with Gasteiger partial charge in [-0.1, -0.05) is 19.9 Å². The van der Waals surface area contributed by atoms with Crippen LogP contribution in [0.15, 0.2) is 23.1 Å². The van der Waals surface area contributed by atoms with Crippen molar-refractivity contribution in [2.75, 3.05) is 10.7 Å². The number of rotatable bonds is 5. The minimum absolute atomic E-state index is 0.186.